The summed E-state index contributed by atoms with van der Waals surface area (Å²) >= 11 is 0. The molecule has 5 nitrogen and oxygen atoms in total. The molecular formula is C15H31N3O2. The highest BCUT2D eigenvalue weighted by molar-refractivity contribution is 5.67. The summed E-state index contributed by atoms with van der Waals surface area (Å²) in [4.78, 5) is 15.9. The smallest absolute Gasteiger partial charge is 0.409 e. The van der Waals surface area contributed by atoms with Gasteiger partial charge in [-0.3, -0.25) is 0 Å². The molecule has 0 aliphatic carbocycles. The van der Waals surface area contributed by atoms with E-state index >= 15 is 0 Å². The summed E-state index contributed by atoms with van der Waals surface area (Å²) in [6, 6.07) is 1.01. The monoisotopic (exact) mass is 285 g/mol. The molecule has 1 fully saturated rings. The van der Waals surface area contributed by atoms with Crippen molar-refractivity contribution in [1.82, 2.24) is 15.1 Å². The number of amides is 1. The average Bonchev–Trinajstić information content (AvgIpc) is 2.45. The third-order valence-electron chi connectivity index (χ3n) is 3.97. The van der Waals surface area contributed by atoms with Crippen LogP contribution in [0.3, 0.4) is 0 Å². The van der Waals surface area contributed by atoms with Gasteiger partial charge in [-0.1, -0.05) is 13.8 Å². The molecule has 1 amide bonds. The van der Waals surface area contributed by atoms with Gasteiger partial charge in [-0.05, 0) is 39.8 Å². The van der Waals surface area contributed by atoms with Gasteiger partial charge >= 0.3 is 6.09 Å². The minimum absolute atomic E-state index is 0.165. The lowest BCUT2D eigenvalue weighted by Gasteiger charge is -2.34. The number of piperidine rings is 1. The van der Waals surface area contributed by atoms with E-state index in [-0.39, 0.29) is 6.09 Å². The molecule has 0 saturated carbocycles. The summed E-state index contributed by atoms with van der Waals surface area (Å²) in [7, 11) is 0. The molecule has 20 heavy (non-hydrogen) atoms. The van der Waals surface area contributed by atoms with Crippen LogP contribution in [0.2, 0.25) is 0 Å². The Morgan fingerprint density at radius 1 is 1.30 bits per heavy atom. The Labute approximate surface area is 123 Å². The van der Waals surface area contributed by atoms with E-state index in [1.165, 1.54) is 0 Å². The summed E-state index contributed by atoms with van der Waals surface area (Å²) in [5, 5.41) is 3.69. The van der Waals surface area contributed by atoms with Crippen LogP contribution in [0.5, 0.6) is 0 Å². The third-order valence-corrected chi connectivity index (χ3v) is 3.97. The number of hydrogen-bond donors (Lipinski definition) is 1. The number of ether oxygens (including phenoxy) is 1. The van der Waals surface area contributed by atoms with Crippen molar-refractivity contribution in [2.75, 3.05) is 39.3 Å². The second kappa shape index (κ2) is 9.19. The standard InChI is InChI=1S/C15H31N3O2/c1-5-17(6-2)12-13(4)16-14-8-10-18(11-9-14)15(19)20-7-3/h13-14,16H,5-12H2,1-4H3. The molecule has 5 heteroatoms. The summed E-state index contributed by atoms with van der Waals surface area (Å²) in [6.07, 6.45) is 1.87. The summed E-state index contributed by atoms with van der Waals surface area (Å²) in [5.74, 6) is 0. The predicted octanol–water partition coefficient (Wildman–Crippen LogP) is 1.93. The summed E-state index contributed by atoms with van der Waals surface area (Å²) < 4.78 is 5.04. The molecule has 0 spiro atoms. The number of likely N-dealkylation sites (N-methyl/N-ethyl adjacent to an activating group) is 1. The maximum absolute atomic E-state index is 11.6. The van der Waals surface area contributed by atoms with E-state index in [2.05, 4.69) is 31.0 Å². The second-order valence-electron chi connectivity index (χ2n) is 5.51. The molecule has 1 atom stereocenters. The Hall–Kier alpha value is -0.810. The van der Waals surface area contributed by atoms with Crippen LogP contribution in [0, 0.1) is 0 Å². The van der Waals surface area contributed by atoms with Crippen molar-refractivity contribution < 1.29 is 9.53 Å². The van der Waals surface area contributed by atoms with Crippen molar-refractivity contribution in [3.05, 3.63) is 0 Å². The van der Waals surface area contributed by atoms with Crippen LogP contribution in [0.15, 0.2) is 0 Å². The lowest BCUT2D eigenvalue weighted by atomic mass is 10.0. The highest BCUT2D eigenvalue weighted by Crippen LogP contribution is 2.12. The third kappa shape index (κ3) is 5.67. The molecule has 0 aromatic heterocycles. The van der Waals surface area contributed by atoms with Gasteiger partial charge in [0.15, 0.2) is 0 Å². The van der Waals surface area contributed by atoms with Gasteiger partial charge in [-0.25, -0.2) is 4.79 Å². The van der Waals surface area contributed by atoms with E-state index in [1.807, 2.05) is 11.8 Å². The molecule has 1 aliphatic heterocycles. The Morgan fingerprint density at radius 3 is 2.40 bits per heavy atom. The van der Waals surface area contributed by atoms with Crippen molar-refractivity contribution in [2.24, 2.45) is 0 Å². The van der Waals surface area contributed by atoms with E-state index in [9.17, 15) is 4.79 Å². The number of carbonyl (C=O) groups is 1. The first-order valence-corrected chi connectivity index (χ1v) is 8.00. The molecule has 1 aliphatic rings. The quantitative estimate of drug-likeness (QED) is 0.776. The average molecular weight is 285 g/mol. The zero-order valence-corrected chi connectivity index (χ0v) is 13.5. The zero-order chi connectivity index (χ0) is 15.0. The summed E-state index contributed by atoms with van der Waals surface area (Å²) in [6.45, 7) is 13.8. The van der Waals surface area contributed by atoms with Crippen LogP contribution in [0.25, 0.3) is 0 Å². The van der Waals surface area contributed by atoms with Crippen LogP contribution in [-0.2, 0) is 4.74 Å². The number of carbonyl (C=O) groups excluding carboxylic acids is 1. The maximum atomic E-state index is 11.6. The van der Waals surface area contributed by atoms with Crippen molar-refractivity contribution >= 4 is 6.09 Å². The first-order chi connectivity index (χ1) is 9.60. The minimum Gasteiger partial charge on any atom is -0.450 e. The SMILES string of the molecule is CCOC(=O)N1CCC(NC(C)CN(CC)CC)CC1. The van der Waals surface area contributed by atoms with E-state index in [1.54, 1.807) is 0 Å². The number of rotatable bonds is 7. The Balaban J connectivity index is 2.26. The topological polar surface area (TPSA) is 44.8 Å². The molecule has 1 unspecified atom stereocenters. The van der Waals surface area contributed by atoms with Crippen LogP contribution in [0.1, 0.15) is 40.5 Å². The van der Waals surface area contributed by atoms with Crippen molar-refractivity contribution in [2.45, 2.75) is 52.6 Å². The van der Waals surface area contributed by atoms with Gasteiger partial charge in [0, 0.05) is 31.7 Å². The van der Waals surface area contributed by atoms with Gasteiger partial charge in [0.05, 0.1) is 6.61 Å². The van der Waals surface area contributed by atoms with Gasteiger partial charge in [-0.15, -0.1) is 0 Å². The second-order valence-corrected chi connectivity index (χ2v) is 5.51. The molecular weight excluding hydrogens is 254 g/mol. The molecule has 0 aromatic rings. The summed E-state index contributed by atoms with van der Waals surface area (Å²) in [5.41, 5.74) is 0. The molecule has 118 valence electrons. The van der Waals surface area contributed by atoms with Crippen molar-refractivity contribution in [3.8, 4) is 0 Å². The fourth-order valence-corrected chi connectivity index (χ4v) is 2.77. The highest BCUT2D eigenvalue weighted by Gasteiger charge is 2.24. The van der Waals surface area contributed by atoms with Gasteiger partial charge < -0.3 is 19.9 Å². The van der Waals surface area contributed by atoms with Crippen molar-refractivity contribution in [3.63, 3.8) is 0 Å². The number of likely N-dealkylation sites (tertiary alicyclic amines) is 1. The largest absolute Gasteiger partial charge is 0.450 e. The molecule has 0 bridgehead atoms. The van der Waals surface area contributed by atoms with Crippen molar-refractivity contribution in [1.29, 1.82) is 0 Å². The molecule has 1 N–H and O–H groups in total. The number of hydrogen-bond acceptors (Lipinski definition) is 4. The lowest BCUT2D eigenvalue weighted by Crippen LogP contribution is -2.49. The van der Waals surface area contributed by atoms with Gasteiger partial charge in [-0.2, -0.15) is 0 Å². The van der Waals surface area contributed by atoms with Gasteiger partial charge in [0.25, 0.3) is 0 Å². The zero-order valence-electron chi connectivity index (χ0n) is 13.5. The first kappa shape index (κ1) is 17.2. The molecule has 0 radical (unpaired) electrons. The maximum Gasteiger partial charge on any atom is 0.409 e. The first-order valence-electron chi connectivity index (χ1n) is 8.00. The molecule has 1 rings (SSSR count). The number of nitrogens with one attached hydrogen (secondary N) is 1. The van der Waals surface area contributed by atoms with Gasteiger partial charge in [0.1, 0.15) is 0 Å². The fourth-order valence-electron chi connectivity index (χ4n) is 2.77. The lowest BCUT2D eigenvalue weighted by molar-refractivity contribution is 0.0938. The normalized spacial score (nSPS) is 18.4. The van der Waals surface area contributed by atoms with Gasteiger partial charge in [0.2, 0.25) is 0 Å². The number of nitrogens with zero attached hydrogens (tertiary/aromatic N) is 2. The molecule has 0 aromatic carbocycles. The van der Waals surface area contributed by atoms with E-state index in [0.717, 1.165) is 45.6 Å². The minimum atomic E-state index is -0.165. The molecule has 1 saturated heterocycles. The van der Waals surface area contributed by atoms with E-state index < -0.39 is 0 Å². The van der Waals surface area contributed by atoms with Crippen LogP contribution < -0.4 is 5.32 Å². The Kier molecular flexibility index (Phi) is 7.92. The van der Waals surface area contributed by atoms with Crippen LogP contribution in [0.4, 0.5) is 4.79 Å². The molecule has 1 heterocycles. The predicted molar refractivity (Wildman–Crippen MR) is 82.0 cm³/mol. The Morgan fingerprint density at radius 2 is 1.90 bits per heavy atom. The Bertz CT molecular complexity index is 274. The van der Waals surface area contributed by atoms with Crippen LogP contribution >= 0.6 is 0 Å². The van der Waals surface area contributed by atoms with E-state index in [0.29, 0.717) is 18.7 Å². The van der Waals surface area contributed by atoms with E-state index in [4.69, 9.17) is 4.74 Å². The fraction of sp³-hybridized carbons (Fsp3) is 0.933. The van der Waals surface area contributed by atoms with Crippen LogP contribution in [-0.4, -0.2) is 67.3 Å². The highest BCUT2D eigenvalue weighted by atomic mass is 16.6.